The van der Waals surface area contributed by atoms with Gasteiger partial charge in [0.15, 0.2) is 0 Å². The van der Waals surface area contributed by atoms with E-state index in [4.69, 9.17) is 11.2 Å². The average Bonchev–Trinajstić information content (AvgIpc) is 2.15. The van der Waals surface area contributed by atoms with Crippen LogP contribution in [-0.2, 0) is 4.74 Å². The van der Waals surface area contributed by atoms with E-state index in [1.807, 2.05) is 20.8 Å². The second-order valence-electron chi connectivity index (χ2n) is 5.06. The lowest BCUT2D eigenvalue weighted by Crippen LogP contribution is -2.47. The smallest absolute Gasteiger partial charge is 0.410 e. The van der Waals surface area contributed by atoms with Gasteiger partial charge in [0.1, 0.15) is 5.60 Å². The number of amides is 1. The molecule has 1 aliphatic rings. The van der Waals surface area contributed by atoms with Crippen molar-refractivity contribution in [2.75, 3.05) is 13.1 Å². The average molecular weight is 225 g/mol. The van der Waals surface area contributed by atoms with Crippen molar-refractivity contribution in [1.82, 2.24) is 4.90 Å². The van der Waals surface area contributed by atoms with E-state index in [1.54, 1.807) is 0 Å². The Morgan fingerprint density at radius 3 is 2.62 bits per heavy atom. The Kier molecular flexibility index (Phi) is 3.82. The van der Waals surface area contributed by atoms with Crippen LogP contribution in [0.1, 0.15) is 27.2 Å². The lowest BCUT2D eigenvalue weighted by Gasteiger charge is -2.34. The Morgan fingerprint density at radius 1 is 1.56 bits per heavy atom. The zero-order valence-corrected chi connectivity index (χ0v) is 10.1. The SMILES string of the molecule is C#C[C@H]1CCN(C(=O)OC(C)(C)C)C[C@@H]1O. The van der Waals surface area contributed by atoms with Crippen molar-refractivity contribution in [2.45, 2.75) is 38.9 Å². The number of hydrogen-bond donors (Lipinski definition) is 1. The molecule has 1 aliphatic heterocycles. The first kappa shape index (κ1) is 12.9. The minimum Gasteiger partial charge on any atom is -0.444 e. The molecule has 0 aromatic carbocycles. The van der Waals surface area contributed by atoms with Crippen LogP contribution in [-0.4, -0.2) is 40.9 Å². The Hall–Kier alpha value is -1.21. The number of hydrogen-bond acceptors (Lipinski definition) is 3. The van der Waals surface area contributed by atoms with E-state index in [2.05, 4.69) is 5.92 Å². The van der Waals surface area contributed by atoms with Gasteiger partial charge in [-0.1, -0.05) is 0 Å². The lowest BCUT2D eigenvalue weighted by atomic mass is 9.95. The molecule has 4 heteroatoms. The molecular formula is C12H19NO3. The van der Waals surface area contributed by atoms with Crippen LogP contribution in [0.15, 0.2) is 0 Å². The van der Waals surface area contributed by atoms with E-state index >= 15 is 0 Å². The molecule has 0 radical (unpaired) electrons. The van der Waals surface area contributed by atoms with Gasteiger partial charge >= 0.3 is 6.09 Å². The number of terminal acetylenes is 1. The standard InChI is InChI=1S/C12H19NO3/c1-5-9-6-7-13(8-10(9)14)11(15)16-12(2,3)4/h1,9-10,14H,6-8H2,2-4H3/t9-,10-/m0/s1. The molecule has 0 aromatic rings. The molecule has 1 rings (SSSR count). The molecule has 16 heavy (non-hydrogen) atoms. The quantitative estimate of drug-likeness (QED) is 0.631. The molecule has 1 heterocycles. The van der Waals surface area contributed by atoms with Crippen LogP contribution in [0.4, 0.5) is 4.79 Å². The first-order chi connectivity index (χ1) is 7.33. The van der Waals surface area contributed by atoms with Crippen molar-refractivity contribution in [1.29, 1.82) is 0 Å². The Morgan fingerprint density at radius 2 is 2.19 bits per heavy atom. The number of nitrogens with zero attached hydrogens (tertiary/aromatic N) is 1. The zero-order chi connectivity index (χ0) is 12.3. The van der Waals surface area contributed by atoms with Gasteiger partial charge in [-0.05, 0) is 27.2 Å². The maximum atomic E-state index is 11.7. The predicted molar refractivity (Wildman–Crippen MR) is 60.8 cm³/mol. The summed E-state index contributed by atoms with van der Waals surface area (Å²) in [5.41, 5.74) is -0.509. The number of aliphatic hydroxyl groups excluding tert-OH is 1. The third-order valence-corrected chi connectivity index (χ3v) is 2.45. The second kappa shape index (κ2) is 4.75. The summed E-state index contributed by atoms with van der Waals surface area (Å²) in [6.45, 7) is 6.24. The van der Waals surface area contributed by atoms with Gasteiger partial charge in [-0.15, -0.1) is 12.3 Å². The van der Waals surface area contributed by atoms with Crippen molar-refractivity contribution >= 4 is 6.09 Å². The van der Waals surface area contributed by atoms with Crippen molar-refractivity contribution in [2.24, 2.45) is 5.92 Å². The number of carbonyl (C=O) groups excluding carboxylic acids is 1. The van der Waals surface area contributed by atoms with Gasteiger partial charge in [0.05, 0.1) is 12.6 Å². The Labute approximate surface area is 96.6 Å². The van der Waals surface area contributed by atoms with Crippen LogP contribution in [0.25, 0.3) is 0 Å². The minimum absolute atomic E-state index is 0.154. The molecule has 1 amide bonds. The molecule has 2 atom stereocenters. The van der Waals surface area contributed by atoms with Crippen molar-refractivity contribution in [3.63, 3.8) is 0 Å². The summed E-state index contributed by atoms with van der Waals surface area (Å²) in [7, 11) is 0. The molecule has 0 spiro atoms. The number of likely N-dealkylation sites (tertiary alicyclic amines) is 1. The highest BCUT2D eigenvalue weighted by molar-refractivity contribution is 5.68. The van der Waals surface area contributed by atoms with Gasteiger partial charge in [-0.2, -0.15) is 0 Å². The minimum atomic E-state index is -0.647. The molecule has 0 bridgehead atoms. The molecule has 0 aliphatic carbocycles. The second-order valence-corrected chi connectivity index (χ2v) is 5.06. The molecule has 4 nitrogen and oxygen atoms in total. The van der Waals surface area contributed by atoms with Gasteiger partial charge < -0.3 is 14.7 Å². The molecule has 90 valence electrons. The number of piperidine rings is 1. The van der Waals surface area contributed by atoms with Crippen molar-refractivity contribution in [3.05, 3.63) is 0 Å². The Bertz CT molecular complexity index is 300. The highest BCUT2D eigenvalue weighted by atomic mass is 16.6. The number of β-amino-alcohol motifs (C(OH)–C–C–N with tert-alkyl or cyclic N) is 1. The summed E-state index contributed by atoms with van der Waals surface area (Å²) >= 11 is 0. The summed E-state index contributed by atoms with van der Waals surface area (Å²) in [6.07, 6.45) is 4.86. The van der Waals surface area contributed by atoms with Gasteiger partial charge in [0, 0.05) is 12.5 Å². The summed E-state index contributed by atoms with van der Waals surface area (Å²) in [4.78, 5) is 13.2. The van der Waals surface area contributed by atoms with Gasteiger partial charge in [0.25, 0.3) is 0 Å². The van der Waals surface area contributed by atoms with E-state index < -0.39 is 11.7 Å². The topological polar surface area (TPSA) is 49.8 Å². The van der Waals surface area contributed by atoms with Gasteiger partial charge in [0.2, 0.25) is 0 Å². The van der Waals surface area contributed by atoms with Crippen LogP contribution in [0.3, 0.4) is 0 Å². The predicted octanol–water partition coefficient (Wildman–Crippen LogP) is 1.24. The summed E-state index contributed by atoms with van der Waals surface area (Å²) in [5.74, 6) is 2.38. The van der Waals surface area contributed by atoms with Crippen LogP contribution in [0.5, 0.6) is 0 Å². The number of ether oxygens (including phenoxy) is 1. The fourth-order valence-corrected chi connectivity index (χ4v) is 1.62. The third kappa shape index (κ3) is 3.42. The molecule has 1 fully saturated rings. The maximum absolute atomic E-state index is 11.7. The fraction of sp³-hybridized carbons (Fsp3) is 0.750. The van der Waals surface area contributed by atoms with Gasteiger partial charge in [-0.25, -0.2) is 4.79 Å². The molecule has 0 aromatic heterocycles. The van der Waals surface area contributed by atoms with Crippen LogP contribution >= 0.6 is 0 Å². The third-order valence-electron chi connectivity index (χ3n) is 2.45. The number of aliphatic hydroxyl groups is 1. The summed E-state index contributed by atoms with van der Waals surface area (Å²) in [5, 5.41) is 9.69. The summed E-state index contributed by atoms with van der Waals surface area (Å²) < 4.78 is 5.22. The van der Waals surface area contributed by atoms with Crippen LogP contribution in [0.2, 0.25) is 0 Å². The number of rotatable bonds is 0. The fourth-order valence-electron chi connectivity index (χ4n) is 1.62. The molecule has 0 saturated carbocycles. The Balaban J connectivity index is 2.52. The number of carbonyl (C=O) groups is 1. The summed E-state index contributed by atoms with van der Waals surface area (Å²) in [6, 6.07) is 0. The van der Waals surface area contributed by atoms with Gasteiger partial charge in [-0.3, -0.25) is 0 Å². The highest BCUT2D eigenvalue weighted by Gasteiger charge is 2.31. The van der Waals surface area contributed by atoms with Crippen LogP contribution in [0, 0.1) is 18.3 Å². The van der Waals surface area contributed by atoms with E-state index in [9.17, 15) is 9.90 Å². The van der Waals surface area contributed by atoms with E-state index in [1.165, 1.54) is 4.90 Å². The van der Waals surface area contributed by atoms with E-state index in [-0.39, 0.29) is 18.6 Å². The first-order valence-electron chi connectivity index (χ1n) is 5.45. The monoisotopic (exact) mass is 225 g/mol. The molecule has 0 unspecified atom stereocenters. The molecule has 1 saturated heterocycles. The lowest BCUT2D eigenvalue weighted by molar-refractivity contribution is -0.00420. The molecule has 1 N–H and O–H groups in total. The van der Waals surface area contributed by atoms with Crippen molar-refractivity contribution in [3.8, 4) is 12.3 Å². The maximum Gasteiger partial charge on any atom is 0.410 e. The largest absolute Gasteiger partial charge is 0.444 e. The van der Waals surface area contributed by atoms with Crippen molar-refractivity contribution < 1.29 is 14.6 Å². The zero-order valence-electron chi connectivity index (χ0n) is 10.1. The van der Waals surface area contributed by atoms with E-state index in [0.29, 0.717) is 13.0 Å². The normalized spacial score (nSPS) is 26.1. The highest BCUT2D eigenvalue weighted by Crippen LogP contribution is 2.19. The van der Waals surface area contributed by atoms with Crippen LogP contribution < -0.4 is 0 Å². The van der Waals surface area contributed by atoms with E-state index in [0.717, 1.165) is 0 Å². The molecular weight excluding hydrogens is 206 g/mol. The first-order valence-corrected chi connectivity index (χ1v) is 5.45.